The van der Waals surface area contributed by atoms with E-state index in [1.165, 1.54) is 12.1 Å². The number of anilines is 1. The molecule has 3 amide bonds. The topological polar surface area (TPSA) is 96.5 Å². The predicted octanol–water partition coefficient (Wildman–Crippen LogP) is 3.69. The highest BCUT2D eigenvalue weighted by molar-refractivity contribution is 9.10. The minimum atomic E-state index is -0.584. The van der Waals surface area contributed by atoms with E-state index in [1.807, 2.05) is 0 Å². The molecule has 154 valence electrons. The van der Waals surface area contributed by atoms with Crippen LogP contribution in [0.1, 0.15) is 5.56 Å². The summed E-state index contributed by atoms with van der Waals surface area (Å²) in [5, 5.41) is 8.04. The molecule has 0 bridgehead atoms. The second-order valence-corrected chi connectivity index (χ2v) is 8.03. The number of nitrogens with one attached hydrogen (secondary N) is 3. The molecule has 0 aliphatic carbocycles. The minimum absolute atomic E-state index is 0.0359. The molecule has 1 heterocycles. The summed E-state index contributed by atoms with van der Waals surface area (Å²) in [5.41, 5.74) is 0.982. The lowest BCUT2D eigenvalue weighted by molar-refractivity contribution is -0.123. The highest BCUT2D eigenvalue weighted by Crippen LogP contribution is 2.28. The lowest BCUT2D eigenvalue weighted by atomic mass is 10.1. The first kappa shape index (κ1) is 22.2. The van der Waals surface area contributed by atoms with Gasteiger partial charge < -0.3 is 10.1 Å². The van der Waals surface area contributed by atoms with Gasteiger partial charge in [0.05, 0.1) is 14.5 Å². The Morgan fingerprint density at radius 2 is 1.80 bits per heavy atom. The Kier molecular flexibility index (Phi) is 7.09. The zero-order valence-corrected chi connectivity index (χ0v) is 18.8. The maximum Gasteiger partial charge on any atom is 0.263 e. The van der Waals surface area contributed by atoms with E-state index < -0.39 is 17.7 Å². The molecule has 2 aromatic rings. The second kappa shape index (κ2) is 9.57. The number of carbonyl (C=O) groups is 3. The molecule has 3 rings (SSSR count). The summed E-state index contributed by atoms with van der Waals surface area (Å²) in [7, 11) is 0. The Labute approximate surface area is 194 Å². The first-order valence-electron chi connectivity index (χ1n) is 8.28. The first-order valence-corrected chi connectivity index (χ1v) is 10.2. The molecule has 1 fully saturated rings. The Morgan fingerprint density at radius 3 is 2.43 bits per heavy atom. The van der Waals surface area contributed by atoms with Crippen molar-refractivity contribution in [2.45, 2.75) is 0 Å². The molecule has 1 saturated heterocycles. The van der Waals surface area contributed by atoms with Gasteiger partial charge in [-0.3, -0.25) is 25.0 Å². The van der Waals surface area contributed by atoms with Gasteiger partial charge in [-0.2, -0.15) is 0 Å². The average Bonchev–Trinajstić information content (AvgIpc) is 2.67. The Hall–Kier alpha value is -2.46. The van der Waals surface area contributed by atoms with E-state index >= 15 is 0 Å². The van der Waals surface area contributed by atoms with Crippen molar-refractivity contribution >= 4 is 85.9 Å². The third-order valence-corrected chi connectivity index (χ3v) is 5.34. The predicted molar refractivity (Wildman–Crippen MR) is 122 cm³/mol. The molecular weight excluding hydrogens is 517 g/mol. The number of hydrogen-bond donors (Lipinski definition) is 3. The standard InChI is InChI=1S/C19H12BrCl2N3O4S/c20-12-6-9(5-11-17(27)24-19(30)25-18(11)28)1-4-15(12)29-8-16(26)23-10-2-3-13(21)14(22)7-10/h1-7H,8H2,(H,23,26)(H2,24,25,27,28,30). The fourth-order valence-corrected chi connectivity index (χ4v) is 3.41. The first-order chi connectivity index (χ1) is 14.2. The van der Waals surface area contributed by atoms with Crippen LogP contribution in [-0.2, 0) is 14.4 Å². The summed E-state index contributed by atoms with van der Waals surface area (Å²) in [6.45, 7) is -0.248. The van der Waals surface area contributed by atoms with Gasteiger partial charge in [-0.25, -0.2) is 0 Å². The van der Waals surface area contributed by atoms with Gasteiger partial charge in [-0.05, 0) is 70.1 Å². The molecule has 3 N–H and O–H groups in total. The summed E-state index contributed by atoms with van der Waals surface area (Å²) < 4.78 is 6.05. The van der Waals surface area contributed by atoms with E-state index in [0.29, 0.717) is 31.5 Å². The van der Waals surface area contributed by atoms with Crippen molar-refractivity contribution in [1.29, 1.82) is 0 Å². The van der Waals surface area contributed by atoms with Crippen molar-refractivity contribution in [3.05, 3.63) is 62.1 Å². The normalized spacial score (nSPS) is 13.4. The third-order valence-electron chi connectivity index (χ3n) is 3.77. The average molecular weight is 529 g/mol. The molecule has 0 saturated carbocycles. The molecule has 0 radical (unpaired) electrons. The van der Waals surface area contributed by atoms with Gasteiger partial charge in [0.2, 0.25) is 0 Å². The fourth-order valence-electron chi connectivity index (χ4n) is 2.41. The van der Waals surface area contributed by atoms with E-state index in [0.717, 1.165) is 0 Å². The van der Waals surface area contributed by atoms with Crippen molar-refractivity contribution in [3.63, 3.8) is 0 Å². The van der Waals surface area contributed by atoms with Crippen LogP contribution in [-0.4, -0.2) is 29.4 Å². The second-order valence-electron chi connectivity index (χ2n) is 5.95. The summed E-state index contributed by atoms with van der Waals surface area (Å²) >= 11 is 19.9. The summed E-state index contributed by atoms with van der Waals surface area (Å²) in [5.74, 6) is -1.16. The summed E-state index contributed by atoms with van der Waals surface area (Å²) in [6.07, 6.45) is 1.41. The highest BCUT2D eigenvalue weighted by Gasteiger charge is 2.25. The van der Waals surface area contributed by atoms with E-state index in [2.05, 4.69) is 31.9 Å². The Morgan fingerprint density at radius 1 is 1.10 bits per heavy atom. The van der Waals surface area contributed by atoms with Crippen LogP contribution in [0.2, 0.25) is 10.0 Å². The van der Waals surface area contributed by atoms with Crippen LogP contribution in [0.25, 0.3) is 6.08 Å². The molecular formula is C19H12BrCl2N3O4S. The number of rotatable bonds is 5. The lowest BCUT2D eigenvalue weighted by Crippen LogP contribution is -2.51. The summed E-state index contributed by atoms with van der Waals surface area (Å²) in [6, 6.07) is 9.61. The zero-order valence-electron chi connectivity index (χ0n) is 14.9. The van der Waals surface area contributed by atoms with Crippen molar-refractivity contribution in [1.82, 2.24) is 10.6 Å². The van der Waals surface area contributed by atoms with Crippen molar-refractivity contribution in [2.75, 3.05) is 11.9 Å². The number of hydrogen-bond acceptors (Lipinski definition) is 5. The van der Waals surface area contributed by atoms with Crippen LogP contribution in [0.15, 0.2) is 46.4 Å². The SMILES string of the molecule is O=C(COc1ccc(C=C2C(=O)NC(=S)NC2=O)cc1Br)Nc1ccc(Cl)c(Cl)c1. The lowest BCUT2D eigenvalue weighted by Gasteiger charge is -2.16. The van der Waals surface area contributed by atoms with Crippen LogP contribution in [0.4, 0.5) is 5.69 Å². The maximum atomic E-state index is 12.1. The van der Waals surface area contributed by atoms with Crippen LogP contribution in [0, 0.1) is 0 Å². The molecule has 2 aromatic carbocycles. The van der Waals surface area contributed by atoms with Gasteiger partial charge in [0.25, 0.3) is 17.7 Å². The maximum absolute atomic E-state index is 12.1. The van der Waals surface area contributed by atoms with Gasteiger partial charge in [0.15, 0.2) is 11.7 Å². The number of carbonyl (C=O) groups excluding carboxylic acids is 3. The van der Waals surface area contributed by atoms with Gasteiger partial charge in [0, 0.05) is 5.69 Å². The van der Waals surface area contributed by atoms with Crippen molar-refractivity contribution in [3.8, 4) is 5.75 Å². The number of amides is 3. The van der Waals surface area contributed by atoms with Gasteiger partial charge in [-0.15, -0.1) is 0 Å². The van der Waals surface area contributed by atoms with Crippen LogP contribution in [0.3, 0.4) is 0 Å². The Bertz CT molecular complexity index is 1090. The van der Waals surface area contributed by atoms with Crippen LogP contribution < -0.4 is 20.7 Å². The van der Waals surface area contributed by atoms with Crippen molar-refractivity contribution < 1.29 is 19.1 Å². The Balaban J connectivity index is 1.64. The van der Waals surface area contributed by atoms with E-state index in [4.69, 9.17) is 40.2 Å². The van der Waals surface area contributed by atoms with E-state index in [9.17, 15) is 14.4 Å². The fraction of sp³-hybridized carbons (Fsp3) is 0.0526. The number of benzene rings is 2. The molecule has 0 unspecified atom stereocenters. The molecule has 1 aliphatic rings. The van der Waals surface area contributed by atoms with Crippen LogP contribution in [0.5, 0.6) is 5.75 Å². The van der Waals surface area contributed by atoms with Crippen LogP contribution >= 0.6 is 51.3 Å². The van der Waals surface area contributed by atoms with E-state index in [-0.39, 0.29) is 17.3 Å². The molecule has 11 heteroatoms. The molecule has 30 heavy (non-hydrogen) atoms. The zero-order chi connectivity index (χ0) is 21.8. The van der Waals surface area contributed by atoms with Gasteiger partial charge in [0.1, 0.15) is 11.3 Å². The third kappa shape index (κ3) is 5.57. The molecule has 0 spiro atoms. The minimum Gasteiger partial charge on any atom is -0.483 e. The quantitative estimate of drug-likeness (QED) is 0.312. The van der Waals surface area contributed by atoms with E-state index in [1.54, 1.807) is 30.3 Å². The molecule has 1 aliphatic heterocycles. The van der Waals surface area contributed by atoms with Crippen molar-refractivity contribution in [2.24, 2.45) is 0 Å². The number of halogens is 3. The molecule has 7 nitrogen and oxygen atoms in total. The monoisotopic (exact) mass is 527 g/mol. The largest absolute Gasteiger partial charge is 0.483 e. The smallest absolute Gasteiger partial charge is 0.263 e. The van der Waals surface area contributed by atoms with Gasteiger partial charge in [-0.1, -0.05) is 29.3 Å². The number of ether oxygens (including phenoxy) is 1. The molecule has 0 aromatic heterocycles. The van der Waals surface area contributed by atoms with Gasteiger partial charge >= 0.3 is 0 Å². The summed E-state index contributed by atoms with van der Waals surface area (Å²) in [4.78, 5) is 35.9. The highest BCUT2D eigenvalue weighted by atomic mass is 79.9. The number of thiocarbonyl (C=S) groups is 1. The molecule has 0 atom stereocenters.